The van der Waals surface area contributed by atoms with Gasteiger partial charge in [-0.05, 0) is 45.2 Å². The molecular formula is C26H32N2O2. The second kappa shape index (κ2) is 8.97. The van der Waals surface area contributed by atoms with Gasteiger partial charge in [0.2, 0.25) is 5.91 Å². The van der Waals surface area contributed by atoms with E-state index in [4.69, 9.17) is 9.73 Å². The summed E-state index contributed by atoms with van der Waals surface area (Å²) in [6, 6.07) is 16.5. The predicted octanol–water partition coefficient (Wildman–Crippen LogP) is 5.20. The van der Waals surface area contributed by atoms with Crippen LogP contribution in [0.2, 0.25) is 0 Å². The van der Waals surface area contributed by atoms with Crippen LogP contribution in [0, 0.1) is 13.8 Å². The SMILES string of the molecule is C=C[C@](CO[C@H](C)c1cc(C)cc(C)c1)(N=C[C@]1(C)CCC(=O)N1)c1ccccc1. The number of aliphatic imine (C=N–C) groups is 1. The summed E-state index contributed by atoms with van der Waals surface area (Å²) in [6.07, 6.45) is 4.88. The molecule has 1 fully saturated rings. The number of benzene rings is 2. The van der Waals surface area contributed by atoms with Gasteiger partial charge >= 0.3 is 0 Å². The highest BCUT2D eigenvalue weighted by Crippen LogP contribution is 2.31. The minimum Gasteiger partial charge on any atom is -0.371 e. The van der Waals surface area contributed by atoms with Crippen molar-refractivity contribution < 1.29 is 9.53 Å². The Kier molecular flexibility index (Phi) is 6.57. The van der Waals surface area contributed by atoms with Gasteiger partial charge in [0.1, 0.15) is 5.54 Å². The molecule has 1 aliphatic rings. The second-order valence-electron chi connectivity index (χ2n) is 8.59. The van der Waals surface area contributed by atoms with E-state index in [-0.39, 0.29) is 12.0 Å². The highest BCUT2D eigenvalue weighted by molar-refractivity contribution is 5.87. The first-order chi connectivity index (χ1) is 14.3. The second-order valence-corrected chi connectivity index (χ2v) is 8.59. The molecule has 30 heavy (non-hydrogen) atoms. The zero-order valence-electron chi connectivity index (χ0n) is 18.4. The zero-order chi connectivity index (χ0) is 21.8. The number of amides is 1. The predicted molar refractivity (Wildman–Crippen MR) is 123 cm³/mol. The molecule has 0 aromatic heterocycles. The van der Waals surface area contributed by atoms with Crippen molar-refractivity contribution in [1.29, 1.82) is 0 Å². The number of rotatable bonds is 8. The molecule has 4 nitrogen and oxygen atoms in total. The van der Waals surface area contributed by atoms with Crippen LogP contribution >= 0.6 is 0 Å². The van der Waals surface area contributed by atoms with E-state index in [9.17, 15) is 4.79 Å². The maximum absolute atomic E-state index is 11.7. The molecule has 1 heterocycles. The Hall–Kier alpha value is -2.72. The lowest BCUT2D eigenvalue weighted by molar-refractivity contribution is -0.119. The van der Waals surface area contributed by atoms with Gasteiger partial charge in [-0.2, -0.15) is 0 Å². The third kappa shape index (κ3) is 5.06. The van der Waals surface area contributed by atoms with E-state index < -0.39 is 11.1 Å². The van der Waals surface area contributed by atoms with Crippen molar-refractivity contribution in [1.82, 2.24) is 5.32 Å². The molecule has 1 N–H and O–H groups in total. The minimum atomic E-state index is -0.731. The van der Waals surface area contributed by atoms with E-state index in [0.717, 1.165) is 17.5 Å². The molecule has 1 amide bonds. The third-order valence-electron chi connectivity index (χ3n) is 5.75. The molecule has 158 valence electrons. The summed E-state index contributed by atoms with van der Waals surface area (Å²) in [4.78, 5) is 16.7. The summed E-state index contributed by atoms with van der Waals surface area (Å²) < 4.78 is 6.35. The molecule has 0 unspecified atom stereocenters. The number of carbonyl (C=O) groups excluding carboxylic acids is 1. The Morgan fingerprint density at radius 2 is 1.90 bits per heavy atom. The van der Waals surface area contributed by atoms with Gasteiger partial charge < -0.3 is 10.1 Å². The Morgan fingerprint density at radius 1 is 1.23 bits per heavy atom. The molecule has 0 bridgehead atoms. The van der Waals surface area contributed by atoms with Crippen LogP contribution in [0.3, 0.4) is 0 Å². The summed E-state index contributed by atoms with van der Waals surface area (Å²) in [7, 11) is 0. The molecule has 0 aliphatic carbocycles. The number of hydrogen-bond acceptors (Lipinski definition) is 3. The molecule has 0 saturated carbocycles. The van der Waals surface area contributed by atoms with Gasteiger partial charge in [-0.1, -0.05) is 65.7 Å². The lowest BCUT2D eigenvalue weighted by Crippen LogP contribution is -2.41. The number of hydrogen-bond donors (Lipinski definition) is 1. The van der Waals surface area contributed by atoms with Crippen LogP contribution in [0.15, 0.2) is 66.2 Å². The number of ether oxygens (including phenoxy) is 1. The van der Waals surface area contributed by atoms with Gasteiger partial charge in [-0.3, -0.25) is 9.79 Å². The summed E-state index contributed by atoms with van der Waals surface area (Å²) in [5, 5.41) is 3.02. The van der Waals surface area contributed by atoms with Crippen LogP contribution in [0.5, 0.6) is 0 Å². The van der Waals surface area contributed by atoms with Crippen molar-refractivity contribution >= 4 is 12.1 Å². The molecule has 4 heteroatoms. The average molecular weight is 405 g/mol. The lowest BCUT2D eigenvalue weighted by Gasteiger charge is -2.30. The van der Waals surface area contributed by atoms with E-state index in [1.54, 1.807) is 0 Å². The van der Waals surface area contributed by atoms with Crippen LogP contribution < -0.4 is 5.32 Å². The summed E-state index contributed by atoms with van der Waals surface area (Å²) in [5.41, 5.74) is 3.43. The Morgan fingerprint density at radius 3 is 2.47 bits per heavy atom. The first-order valence-electron chi connectivity index (χ1n) is 10.5. The van der Waals surface area contributed by atoms with Crippen molar-refractivity contribution in [3.05, 3.63) is 83.4 Å². The maximum atomic E-state index is 11.7. The van der Waals surface area contributed by atoms with E-state index in [1.165, 1.54) is 11.1 Å². The number of nitrogens with one attached hydrogen (secondary N) is 1. The quantitative estimate of drug-likeness (QED) is 0.485. The van der Waals surface area contributed by atoms with Gasteiger partial charge in [-0.15, -0.1) is 6.58 Å². The fourth-order valence-corrected chi connectivity index (χ4v) is 3.92. The van der Waals surface area contributed by atoms with E-state index >= 15 is 0 Å². The van der Waals surface area contributed by atoms with E-state index in [0.29, 0.717) is 13.0 Å². The molecule has 0 spiro atoms. The molecule has 1 aliphatic heterocycles. The van der Waals surface area contributed by atoms with Crippen molar-refractivity contribution in [2.24, 2.45) is 4.99 Å². The van der Waals surface area contributed by atoms with Gasteiger partial charge in [0, 0.05) is 12.6 Å². The number of carbonyl (C=O) groups is 1. The van der Waals surface area contributed by atoms with Crippen molar-refractivity contribution in [2.75, 3.05) is 6.61 Å². The van der Waals surface area contributed by atoms with Crippen LogP contribution in [0.25, 0.3) is 0 Å². The fourth-order valence-electron chi connectivity index (χ4n) is 3.92. The van der Waals surface area contributed by atoms with E-state index in [1.807, 2.05) is 49.5 Å². The fraction of sp³-hybridized carbons (Fsp3) is 0.385. The Labute approximate surface area is 180 Å². The van der Waals surface area contributed by atoms with Gasteiger partial charge in [-0.25, -0.2) is 0 Å². The maximum Gasteiger partial charge on any atom is 0.220 e. The van der Waals surface area contributed by atoms with Crippen LogP contribution in [-0.4, -0.2) is 24.3 Å². The standard InChI is InChI=1S/C26H32N2O2/c1-6-26(23-10-8-7-9-11-23,27-17-25(5)13-12-24(29)28-25)18-30-21(4)22-15-19(2)14-20(3)16-22/h6-11,14-17,21H,1,12-13,18H2,2-5H3,(H,28,29)/t21-,25+,26-/m1/s1. The smallest absolute Gasteiger partial charge is 0.220 e. The monoisotopic (exact) mass is 404 g/mol. The molecule has 2 aromatic carbocycles. The van der Waals surface area contributed by atoms with Crippen LogP contribution in [-0.2, 0) is 15.1 Å². The highest BCUT2D eigenvalue weighted by atomic mass is 16.5. The van der Waals surface area contributed by atoms with Gasteiger partial charge in [0.25, 0.3) is 0 Å². The Balaban J connectivity index is 1.87. The summed E-state index contributed by atoms with van der Waals surface area (Å²) in [6.45, 7) is 12.7. The third-order valence-corrected chi connectivity index (χ3v) is 5.75. The van der Waals surface area contributed by atoms with Gasteiger partial charge in [0.15, 0.2) is 0 Å². The minimum absolute atomic E-state index is 0.0625. The normalized spacial score (nSPS) is 21.9. The Bertz CT molecular complexity index is 917. The first-order valence-corrected chi connectivity index (χ1v) is 10.5. The molecule has 1 saturated heterocycles. The van der Waals surface area contributed by atoms with Gasteiger partial charge in [0.05, 0.1) is 18.2 Å². The van der Waals surface area contributed by atoms with Crippen molar-refractivity contribution in [3.63, 3.8) is 0 Å². The summed E-state index contributed by atoms with van der Waals surface area (Å²) >= 11 is 0. The van der Waals surface area contributed by atoms with Crippen molar-refractivity contribution in [3.8, 4) is 0 Å². The molecular weight excluding hydrogens is 372 g/mol. The van der Waals surface area contributed by atoms with E-state index in [2.05, 4.69) is 50.9 Å². The zero-order valence-corrected chi connectivity index (χ0v) is 18.4. The lowest BCUT2D eigenvalue weighted by atomic mass is 9.90. The number of aryl methyl sites for hydroxylation is 2. The summed E-state index contributed by atoms with van der Waals surface area (Å²) in [5.74, 6) is 0.0625. The van der Waals surface area contributed by atoms with Crippen LogP contribution in [0.4, 0.5) is 0 Å². The molecule has 2 aromatic rings. The molecule has 3 atom stereocenters. The largest absolute Gasteiger partial charge is 0.371 e. The number of nitrogens with zero attached hydrogens (tertiary/aromatic N) is 1. The average Bonchev–Trinajstić information content (AvgIpc) is 3.07. The first kappa shape index (κ1) is 22.0. The topological polar surface area (TPSA) is 50.7 Å². The highest BCUT2D eigenvalue weighted by Gasteiger charge is 2.34. The van der Waals surface area contributed by atoms with Crippen LogP contribution in [0.1, 0.15) is 55.0 Å². The molecule has 3 rings (SSSR count). The molecule has 0 radical (unpaired) electrons. The van der Waals surface area contributed by atoms with Crippen molar-refractivity contribution in [2.45, 2.75) is 57.7 Å².